The minimum atomic E-state index is -3.07. The zero-order valence-corrected chi connectivity index (χ0v) is 12.1. The van der Waals surface area contributed by atoms with Crippen molar-refractivity contribution in [2.75, 3.05) is 19.3 Å². The lowest BCUT2D eigenvalue weighted by Crippen LogP contribution is -2.38. The number of hydrogen-bond donors (Lipinski definition) is 1. The van der Waals surface area contributed by atoms with Crippen LogP contribution in [0.25, 0.3) is 0 Å². The van der Waals surface area contributed by atoms with Gasteiger partial charge in [-0.1, -0.05) is 13.8 Å². The van der Waals surface area contributed by atoms with Crippen molar-refractivity contribution in [3.05, 3.63) is 0 Å². The van der Waals surface area contributed by atoms with E-state index in [4.69, 9.17) is 0 Å². The van der Waals surface area contributed by atoms with Crippen molar-refractivity contribution in [2.45, 2.75) is 58.0 Å². The summed E-state index contributed by atoms with van der Waals surface area (Å²) in [7, 11) is -1.36. The normalized spacial score (nSPS) is 17.0. The third-order valence-corrected chi connectivity index (χ3v) is 5.47. The van der Waals surface area contributed by atoms with Gasteiger partial charge in [0.05, 0.1) is 5.75 Å². The Bertz CT molecular complexity index is 308. The Balaban J connectivity index is 2.31. The summed E-state index contributed by atoms with van der Waals surface area (Å²) >= 11 is 0. The van der Waals surface area contributed by atoms with Gasteiger partial charge in [0.2, 0.25) is 10.0 Å². The fourth-order valence-electron chi connectivity index (χ4n) is 2.02. The van der Waals surface area contributed by atoms with Crippen LogP contribution >= 0.6 is 0 Å². The van der Waals surface area contributed by atoms with E-state index >= 15 is 0 Å². The van der Waals surface area contributed by atoms with Gasteiger partial charge in [0, 0.05) is 19.1 Å². The number of sulfonamides is 1. The molecule has 1 rings (SSSR count). The molecule has 4 nitrogen and oxygen atoms in total. The van der Waals surface area contributed by atoms with Gasteiger partial charge in [-0.05, 0) is 38.6 Å². The topological polar surface area (TPSA) is 49.4 Å². The van der Waals surface area contributed by atoms with E-state index < -0.39 is 10.0 Å². The lowest BCUT2D eigenvalue weighted by atomic mass is 10.2. The highest BCUT2D eigenvalue weighted by molar-refractivity contribution is 7.89. The number of nitrogens with one attached hydrogen (secondary N) is 1. The summed E-state index contributed by atoms with van der Waals surface area (Å²) < 4.78 is 25.7. The lowest BCUT2D eigenvalue weighted by Gasteiger charge is -2.25. The van der Waals surface area contributed by atoms with Crippen molar-refractivity contribution in [2.24, 2.45) is 0 Å². The molecule has 17 heavy (non-hydrogen) atoms. The van der Waals surface area contributed by atoms with Crippen LogP contribution in [0.5, 0.6) is 0 Å². The minimum Gasteiger partial charge on any atom is -0.314 e. The molecule has 0 aliphatic heterocycles. The predicted octanol–water partition coefficient (Wildman–Crippen LogP) is 1.58. The summed E-state index contributed by atoms with van der Waals surface area (Å²) in [5, 5.41) is 3.34. The van der Waals surface area contributed by atoms with Crippen LogP contribution in [0.2, 0.25) is 0 Å². The van der Waals surface area contributed by atoms with Crippen LogP contribution < -0.4 is 5.32 Å². The highest BCUT2D eigenvalue weighted by Gasteiger charge is 2.24. The molecule has 1 saturated carbocycles. The van der Waals surface area contributed by atoms with Crippen LogP contribution in [0.3, 0.4) is 0 Å². The van der Waals surface area contributed by atoms with Crippen LogP contribution in [0.15, 0.2) is 0 Å². The first-order valence-corrected chi connectivity index (χ1v) is 8.31. The molecule has 0 unspecified atom stereocenters. The van der Waals surface area contributed by atoms with E-state index in [1.165, 1.54) is 12.8 Å². The molecular weight excluding hydrogens is 236 g/mol. The Morgan fingerprint density at radius 1 is 1.29 bits per heavy atom. The van der Waals surface area contributed by atoms with E-state index in [2.05, 4.69) is 5.32 Å². The summed E-state index contributed by atoms with van der Waals surface area (Å²) in [6, 6.07) is 0.811. The third kappa shape index (κ3) is 4.94. The number of nitrogens with zero attached hydrogens (tertiary/aromatic N) is 1. The van der Waals surface area contributed by atoms with Crippen molar-refractivity contribution < 1.29 is 8.42 Å². The summed E-state index contributed by atoms with van der Waals surface area (Å²) in [6.45, 7) is 4.89. The first kappa shape index (κ1) is 14.9. The van der Waals surface area contributed by atoms with Gasteiger partial charge in [0.15, 0.2) is 0 Å². The second kappa shape index (κ2) is 6.71. The SMILES string of the molecule is CCC(CC)N(C)S(=O)(=O)CCCNC1CC1. The quantitative estimate of drug-likeness (QED) is 0.642. The molecule has 0 aromatic heterocycles. The molecular formula is C12H26N2O2S. The van der Waals surface area contributed by atoms with E-state index in [9.17, 15) is 8.42 Å². The smallest absolute Gasteiger partial charge is 0.214 e. The van der Waals surface area contributed by atoms with Gasteiger partial charge in [-0.15, -0.1) is 0 Å². The Hall–Kier alpha value is -0.130. The highest BCUT2D eigenvalue weighted by atomic mass is 32.2. The molecule has 0 atom stereocenters. The van der Waals surface area contributed by atoms with Gasteiger partial charge in [-0.25, -0.2) is 12.7 Å². The summed E-state index contributed by atoms with van der Waals surface area (Å²) in [6.07, 6.45) is 4.98. The van der Waals surface area contributed by atoms with Crippen LogP contribution in [-0.2, 0) is 10.0 Å². The van der Waals surface area contributed by atoms with Gasteiger partial charge in [-0.3, -0.25) is 0 Å². The molecule has 5 heteroatoms. The Kier molecular flexibility index (Phi) is 5.89. The second-order valence-electron chi connectivity index (χ2n) is 4.88. The van der Waals surface area contributed by atoms with Crippen LogP contribution in [0.1, 0.15) is 46.0 Å². The number of hydrogen-bond acceptors (Lipinski definition) is 3. The molecule has 0 aromatic carbocycles. The molecule has 1 fully saturated rings. The second-order valence-corrected chi connectivity index (χ2v) is 7.03. The van der Waals surface area contributed by atoms with Crippen molar-refractivity contribution in [3.8, 4) is 0 Å². The molecule has 102 valence electrons. The van der Waals surface area contributed by atoms with Crippen LogP contribution in [-0.4, -0.2) is 44.2 Å². The van der Waals surface area contributed by atoms with Gasteiger partial charge in [0.25, 0.3) is 0 Å². The molecule has 0 bridgehead atoms. The van der Waals surface area contributed by atoms with Crippen LogP contribution in [0, 0.1) is 0 Å². The van der Waals surface area contributed by atoms with Crippen molar-refractivity contribution in [3.63, 3.8) is 0 Å². The summed E-state index contributed by atoms with van der Waals surface area (Å²) in [4.78, 5) is 0. The molecule has 0 amide bonds. The van der Waals surface area contributed by atoms with Gasteiger partial charge < -0.3 is 5.32 Å². The standard InChI is InChI=1S/C12H26N2O2S/c1-4-12(5-2)14(3)17(15,16)10-6-9-13-11-7-8-11/h11-13H,4-10H2,1-3H3. The fourth-order valence-corrected chi connectivity index (χ4v) is 3.57. The molecule has 0 heterocycles. The zero-order valence-electron chi connectivity index (χ0n) is 11.3. The average Bonchev–Trinajstić information content (AvgIpc) is 3.10. The van der Waals surface area contributed by atoms with Gasteiger partial charge in [-0.2, -0.15) is 0 Å². The molecule has 1 aliphatic rings. The fraction of sp³-hybridized carbons (Fsp3) is 1.00. The van der Waals surface area contributed by atoms with E-state index in [1.807, 2.05) is 13.8 Å². The molecule has 0 radical (unpaired) electrons. The van der Waals surface area contributed by atoms with Gasteiger partial charge in [0.1, 0.15) is 0 Å². The first-order valence-electron chi connectivity index (χ1n) is 6.70. The van der Waals surface area contributed by atoms with Gasteiger partial charge >= 0.3 is 0 Å². The molecule has 1 aliphatic carbocycles. The lowest BCUT2D eigenvalue weighted by molar-refractivity contribution is 0.349. The largest absolute Gasteiger partial charge is 0.314 e. The maximum Gasteiger partial charge on any atom is 0.214 e. The van der Waals surface area contributed by atoms with E-state index in [0.29, 0.717) is 12.5 Å². The summed E-state index contributed by atoms with van der Waals surface area (Å²) in [5.41, 5.74) is 0. The predicted molar refractivity (Wildman–Crippen MR) is 71.6 cm³/mol. The average molecular weight is 262 g/mol. The van der Waals surface area contributed by atoms with E-state index in [1.54, 1.807) is 11.4 Å². The molecule has 1 N–H and O–H groups in total. The van der Waals surface area contributed by atoms with E-state index in [-0.39, 0.29) is 11.8 Å². The zero-order chi connectivity index (χ0) is 12.9. The van der Waals surface area contributed by atoms with Crippen molar-refractivity contribution in [1.82, 2.24) is 9.62 Å². The third-order valence-electron chi connectivity index (χ3n) is 3.48. The molecule has 0 spiro atoms. The van der Waals surface area contributed by atoms with Crippen LogP contribution in [0.4, 0.5) is 0 Å². The van der Waals surface area contributed by atoms with Crippen molar-refractivity contribution >= 4 is 10.0 Å². The summed E-state index contributed by atoms with van der Waals surface area (Å²) in [5.74, 6) is 0.264. The Morgan fingerprint density at radius 3 is 2.35 bits per heavy atom. The number of rotatable bonds is 9. The maximum atomic E-state index is 12.0. The Morgan fingerprint density at radius 2 is 1.88 bits per heavy atom. The van der Waals surface area contributed by atoms with E-state index in [0.717, 1.165) is 19.4 Å². The highest BCUT2D eigenvalue weighted by Crippen LogP contribution is 2.18. The minimum absolute atomic E-state index is 0.149. The maximum absolute atomic E-state index is 12.0. The first-order chi connectivity index (χ1) is 8.01. The Labute approximate surface area is 106 Å². The monoisotopic (exact) mass is 262 g/mol. The molecule has 0 aromatic rings. The molecule has 0 saturated heterocycles. The van der Waals surface area contributed by atoms with Crippen molar-refractivity contribution in [1.29, 1.82) is 0 Å².